The van der Waals surface area contributed by atoms with Crippen LogP contribution in [-0.2, 0) is 22.6 Å². The van der Waals surface area contributed by atoms with Gasteiger partial charge in [0.25, 0.3) is 5.88 Å². The van der Waals surface area contributed by atoms with Gasteiger partial charge in [-0.3, -0.25) is 24.3 Å². The molecule has 5 unspecified atom stereocenters. The Labute approximate surface area is 277 Å². The van der Waals surface area contributed by atoms with Gasteiger partial charge in [-0.2, -0.15) is 0 Å². The molecule has 1 saturated carbocycles. The number of aryl methyl sites for hydroxylation is 1. The van der Waals surface area contributed by atoms with Crippen molar-refractivity contribution in [3.8, 4) is 17.0 Å². The summed E-state index contributed by atoms with van der Waals surface area (Å²) in [6, 6.07) is 21.2. The van der Waals surface area contributed by atoms with Gasteiger partial charge in [-0.25, -0.2) is 0 Å². The van der Waals surface area contributed by atoms with Gasteiger partial charge in [0.05, 0.1) is 12.0 Å². The molecule has 0 radical (unpaired) electrons. The molecular formula is C39H35N3O6. The molecule has 5 atom stereocenters. The summed E-state index contributed by atoms with van der Waals surface area (Å²) >= 11 is 0. The predicted octanol–water partition coefficient (Wildman–Crippen LogP) is 6.22. The molecule has 0 bridgehead atoms. The third-order valence-electron chi connectivity index (χ3n) is 10.7. The van der Waals surface area contributed by atoms with E-state index in [0.717, 1.165) is 38.6 Å². The monoisotopic (exact) mass is 641 g/mol. The topological polar surface area (TPSA) is 112 Å². The van der Waals surface area contributed by atoms with Gasteiger partial charge in [-0.15, -0.1) is 0 Å². The summed E-state index contributed by atoms with van der Waals surface area (Å²) in [6.07, 6.45) is 4.51. The zero-order valence-corrected chi connectivity index (χ0v) is 27.2. The second-order valence-electron chi connectivity index (χ2n) is 13.4. The average molecular weight is 642 g/mol. The second kappa shape index (κ2) is 11.3. The minimum Gasteiger partial charge on any atom is -0.470 e. The fraction of sp³-hybridized carbons (Fsp3) is 0.308. The van der Waals surface area contributed by atoms with E-state index in [1.807, 2.05) is 74.6 Å². The quantitative estimate of drug-likeness (QED) is 0.200. The summed E-state index contributed by atoms with van der Waals surface area (Å²) in [5.74, 6) is -2.86. The number of fused-ring (bicyclic) bond motifs is 5. The van der Waals surface area contributed by atoms with Crippen LogP contribution in [0.1, 0.15) is 55.6 Å². The second-order valence-corrected chi connectivity index (χ2v) is 13.4. The number of aromatic nitrogens is 2. The third-order valence-corrected chi connectivity index (χ3v) is 10.7. The van der Waals surface area contributed by atoms with Gasteiger partial charge >= 0.3 is 0 Å². The number of nitrogens with zero attached hydrogens (tertiary/aromatic N) is 3. The van der Waals surface area contributed by atoms with Crippen molar-refractivity contribution in [1.29, 1.82) is 0 Å². The molecule has 8 rings (SSSR count). The number of rotatable bonds is 6. The van der Waals surface area contributed by atoms with E-state index in [4.69, 9.17) is 14.0 Å². The number of hydrogen-bond acceptors (Lipinski definition) is 9. The maximum Gasteiger partial charge on any atom is 0.265 e. The molecule has 3 aliphatic rings. The number of ether oxygens (including phenoxy) is 2. The molecule has 2 heterocycles. The summed E-state index contributed by atoms with van der Waals surface area (Å²) in [5.41, 5.74) is 3.39. The predicted molar refractivity (Wildman–Crippen MR) is 178 cm³/mol. The van der Waals surface area contributed by atoms with E-state index in [1.165, 1.54) is 7.11 Å². The fourth-order valence-corrected chi connectivity index (χ4v) is 8.55. The van der Waals surface area contributed by atoms with Crippen molar-refractivity contribution in [3.05, 3.63) is 113 Å². The number of benzene rings is 3. The minimum absolute atomic E-state index is 0.0163. The van der Waals surface area contributed by atoms with E-state index in [2.05, 4.69) is 34.4 Å². The van der Waals surface area contributed by atoms with Crippen LogP contribution in [0.15, 0.2) is 83.6 Å². The molecule has 0 N–H and O–H groups in total. The number of ketones is 3. The SMILES string of the molecule is COC12C(=O)c3c(OCc4ccccc4)noc3C(N(C)C)C1CC1Cc3cc4ccc(-c5cccnc5)cc4c(C)c3C(=O)C1C2=O. The van der Waals surface area contributed by atoms with E-state index in [-0.39, 0.29) is 29.8 Å². The zero-order valence-electron chi connectivity index (χ0n) is 27.2. The maximum atomic E-state index is 14.9. The number of Topliss-reactive ketones (excluding diaryl/α,β-unsaturated/α-hetero) is 3. The Morgan fingerprint density at radius 1 is 0.979 bits per heavy atom. The van der Waals surface area contributed by atoms with Crippen LogP contribution in [0.2, 0.25) is 0 Å². The van der Waals surface area contributed by atoms with Gasteiger partial charge < -0.3 is 14.0 Å². The molecule has 9 heteroatoms. The normalized spacial score (nSPS) is 24.6. The first kappa shape index (κ1) is 30.4. The largest absolute Gasteiger partial charge is 0.470 e. The van der Waals surface area contributed by atoms with Crippen LogP contribution in [0.25, 0.3) is 21.9 Å². The van der Waals surface area contributed by atoms with Crippen molar-refractivity contribution in [3.63, 3.8) is 0 Å². The van der Waals surface area contributed by atoms with Gasteiger partial charge in [-0.05, 0) is 90.1 Å². The number of carbonyl (C=O) groups excluding carboxylic acids is 3. The number of methoxy groups -OCH3 is 1. The van der Waals surface area contributed by atoms with E-state index in [9.17, 15) is 14.4 Å². The average Bonchev–Trinajstić information content (AvgIpc) is 3.51. The number of pyridine rings is 1. The molecular weight excluding hydrogens is 606 g/mol. The lowest BCUT2D eigenvalue weighted by molar-refractivity contribution is -0.159. The van der Waals surface area contributed by atoms with Crippen molar-refractivity contribution in [2.24, 2.45) is 17.8 Å². The summed E-state index contributed by atoms with van der Waals surface area (Å²) in [5, 5.41) is 6.15. The molecule has 3 aliphatic carbocycles. The Morgan fingerprint density at radius 3 is 2.52 bits per heavy atom. The van der Waals surface area contributed by atoms with Gasteiger partial charge in [-0.1, -0.05) is 54.6 Å². The Hall–Kier alpha value is -4.99. The molecule has 3 aromatic carbocycles. The van der Waals surface area contributed by atoms with Crippen molar-refractivity contribution in [1.82, 2.24) is 15.0 Å². The highest BCUT2D eigenvalue weighted by Gasteiger charge is 2.68. The van der Waals surface area contributed by atoms with Gasteiger partial charge in [0.1, 0.15) is 12.2 Å². The van der Waals surface area contributed by atoms with Crippen LogP contribution in [-0.4, -0.2) is 59.2 Å². The maximum absolute atomic E-state index is 14.9. The molecule has 0 aliphatic heterocycles. The lowest BCUT2D eigenvalue weighted by atomic mass is 9.54. The molecule has 0 saturated heterocycles. The first-order valence-corrected chi connectivity index (χ1v) is 16.2. The summed E-state index contributed by atoms with van der Waals surface area (Å²) < 4.78 is 17.9. The third kappa shape index (κ3) is 4.34. The Bertz CT molecular complexity index is 2110. The van der Waals surface area contributed by atoms with Gasteiger partial charge in [0.2, 0.25) is 5.78 Å². The Morgan fingerprint density at radius 2 is 1.79 bits per heavy atom. The Balaban J connectivity index is 1.21. The molecule has 48 heavy (non-hydrogen) atoms. The number of hydrogen-bond donors (Lipinski definition) is 0. The first-order chi connectivity index (χ1) is 23.2. The Kier molecular flexibility index (Phi) is 7.16. The first-order valence-electron chi connectivity index (χ1n) is 16.2. The molecule has 242 valence electrons. The minimum atomic E-state index is -1.90. The van der Waals surface area contributed by atoms with Crippen molar-refractivity contribution < 1.29 is 28.4 Å². The summed E-state index contributed by atoms with van der Waals surface area (Å²) in [6.45, 7) is 2.11. The van der Waals surface area contributed by atoms with Crippen LogP contribution >= 0.6 is 0 Å². The van der Waals surface area contributed by atoms with E-state index in [0.29, 0.717) is 24.2 Å². The van der Waals surface area contributed by atoms with Gasteiger partial charge in [0, 0.05) is 36.5 Å². The smallest absolute Gasteiger partial charge is 0.265 e. The molecule has 1 fully saturated rings. The number of carbonyl (C=O) groups is 3. The highest BCUT2D eigenvalue weighted by Crippen LogP contribution is 2.56. The molecule has 0 spiro atoms. The van der Waals surface area contributed by atoms with Crippen LogP contribution in [0.3, 0.4) is 0 Å². The standard InChI is InChI=1S/C39H35N3O6/c1-21-28-17-23(25-11-8-14-40-19-25)12-13-24(28)15-26-16-27-18-29-33(42(2)3)35-32(38(41-48-35)47-20-22-9-6-5-7-10-22)37(45)39(29,46-4)36(44)31(27)34(43)30(21)26/h5-15,17,19,27,29,31,33H,16,18,20H2,1-4H3. The highest BCUT2D eigenvalue weighted by molar-refractivity contribution is 6.27. The van der Waals surface area contributed by atoms with Gasteiger partial charge in [0.15, 0.2) is 22.9 Å². The molecule has 9 nitrogen and oxygen atoms in total. The van der Waals surface area contributed by atoms with Crippen LogP contribution in [0.4, 0.5) is 0 Å². The van der Waals surface area contributed by atoms with Crippen LogP contribution in [0.5, 0.6) is 5.88 Å². The molecule has 2 aromatic heterocycles. The molecule has 0 amide bonds. The fourth-order valence-electron chi connectivity index (χ4n) is 8.55. The van der Waals surface area contributed by atoms with E-state index < -0.39 is 35.0 Å². The van der Waals surface area contributed by atoms with Crippen molar-refractivity contribution >= 4 is 28.1 Å². The van der Waals surface area contributed by atoms with Crippen LogP contribution < -0.4 is 4.74 Å². The van der Waals surface area contributed by atoms with Crippen molar-refractivity contribution in [2.75, 3.05) is 21.2 Å². The van der Waals surface area contributed by atoms with E-state index >= 15 is 0 Å². The highest BCUT2D eigenvalue weighted by atomic mass is 16.5. The summed E-state index contributed by atoms with van der Waals surface area (Å²) in [4.78, 5) is 50.3. The lowest BCUT2D eigenvalue weighted by Crippen LogP contribution is -2.67. The van der Waals surface area contributed by atoms with Crippen molar-refractivity contribution in [2.45, 2.75) is 38.0 Å². The lowest BCUT2D eigenvalue weighted by Gasteiger charge is -2.52. The van der Waals surface area contributed by atoms with Crippen LogP contribution in [0, 0.1) is 24.7 Å². The molecule has 5 aromatic rings. The zero-order chi connectivity index (χ0) is 33.3. The summed E-state index contributed by atoms with van der Waals surface area (Å²) in [7, 11) is 5.15. The van der Waals surface area contributed by atoms with E-state index in [1.54, 1.807) is 6.20 Å².